The summed E-state index contributed by atoms with van der Waals surface area (Å²) < 4.78 is 13.6. The van der Waals surface area contributed by atoms with Crippen LogP contribution in [0, 0.1) is 22.9 Å². The van der Waals surface area contributed by atoms with E-state index < -0.39 is 22.6 Å². The van der Waals surface area contributed by atoms with Gasteiger partial charge in [0.15, 0.2) is 0 Å². The molecule has 2 amide bonds. The predicted molar refractivity (Wildman–Crippen MR) is 86.5 cm³/mol. The number of aryl methyl sites for hydroxylation is 1. The minimum atomic E-state index is -0.673. The highest BCUT2D eigenvalue weighted by Gasteiger charge is 2.14. The smallest absolute Gasteiger partial charge is 0.274 e. The van der Waals surface area contributed by atoms with E-state index >= 15 is 0 Å². The summed E-state index contributed by atoms with van der Waals surface area (Å²) in [5.41, 5.74) is 0.565. The monoisotopic (exact) mass is 331 g/mol. The molecule has 0 atom stereocenters. The Kier molecular flexibility index (Phi) is 4.88. The molecule has 0 aliphatic heterocycles. The second kappa shape index (κ2) is 6.86. The highest BCUT2D eigenvalue weighted by Crippen LogP contribution is 2.23. The molecular weight excluding hydrogens is 317 g/mol. The average Bonchev–Trinajstić information content (AvgIpc) is 2.50. The third kappa shape index (κ3) is 3.92. The van der Waals surface area contributed by atoms with Crippen LogP contribution in [0.2, 0.25) is 0 Å². The third-order valence-electron chi connectivity index (χ3n) is 3.20. The Bertz CT molecular complexity index is 836. The van der Waals surface area contributed by atoms with Crippen molar-refractivity contribution in [1.82, 2.24) is 0 Å². The van der Waals surface area contributed by atoms with Gasteiger partial charge in [0.25, 0.3) is 11.6 Å². The maximum atomic E-state index is 13.6. The molecule has 0 saturated carbocycles. The number of nitro benzene ring substituents is 1. The summed E-state index contributed by atoms with van der Waals surface area (Å²) in [6.07, 6.45) is 0. The van der Waals surface area contributed by atoms with Crippen molar-refractivity contribution in [2.75, 3.05) is 10.6 Å². The van der Waals surface area contributed by atoms with Gasteiger partial charge in [-0.1, -0.05) is 6.07 Å². The van der Waals surface area contributed by atoms with Gasteiger partial charge >= 0.3 is 0 Å². The van der Waals surface area contributed by atoms with E-state index in [9.17, 15) is 24.1 Å². The van der Waals surface area contributed by atoms with Crippen molar-refractivity contribution in [2.45, 2.75) is 13.8 Å². The largest absolute Gasteiger partial charge is 0.324 e. The van der Waals surface area contributed by atoms with Crippen LogP contribution in [0.3, 0.4) is 0 Å². The van der Waals surface area contributed by atoms with Crippen molar-refractivity contribution in [3.8, 4) is 0 Å². The van der Waals surface area contributed by atoms with Crippen molar-refractivity contribution < 1.29 is 18.9 Å². The second-order valence-corrected chi connectivity index (χ2v) is 5.09. The molecule has 0 aliphatic carbocycles. The zero-order valence-corrected chi connectivity index (χ0v) is 12.9. The molecule has 0 saturated heterocycles. The van der Waals surface area contributed by atoms with Crippen molar-refractivity contribution in [3.63, 3.8) is 0 Å². The second-order valence-electron chi connectivity index (χ2n) is 5.09. The lowest BCUT2D eigenvalue weighted by molar-refractivity contribution is -0.385. The maximum absolute atomic E-state index is 13.6. The van der Waals surface area contributed by atoms with Gasteiger partial charge < -0.3 is 10.6 Å². The van der Waals surface area contributed by atoms with Crippen molar-refractivity contribution in [2.24, 2.45) is 0 Å². The molecule has 0 aromatic heterocycles. The van der Waals surface area contributed by atoms with Crippen LogP contribution < -0.4 is 10.6 Å². The molecule has 2 N–H and O–H groups in total. The minimum Gasteiger partial charge on any atom is -0.324 e. The van der Waals surface area contributed by atoms with Crippen LogP contribution in [-0.4, -0.2) is 16.7 Å². The first kappa shape index (κ1) is 17.1. The van der Waals surface area contributed by atoms with E-state index in [1.54, 1.807) is 6.92 Å². The molecule has 8 heteroatoms. The number of amides is 2. The zero-order chi connectivity index (χ0) is 17.9. The standard InChI is InChI=1S/C16H14FN3O4/c1-9-3-5-12(8-15(9)20(23)24)19-16(22)11-4-6-13(17)14(7-11)18-10(2)21/h3-8H,1-2H3,(H,18,21)(H,19,22). The number of hydrogen-bond acceptors (Lipinski definition) is 4. The fourth-order valence-electron chi connectivity index (χ4n) is 2.04. The number of carbonyl (C=O) groups excluding carboxylic acids is 2. The Morgan fingerprint density at radius 2 is 1.83 bits per heavy atom. The number of hydrogen-bond donors (Lipinski definition) is 2. The lowest BCUT2D eigenvalue weighted by Crippen LogP contribution is -2.14. The first-order chi connectivity index (χ1) is 11.3. The number of nitrogens with one attached hydrogen (secondary N) is 2. The summed E-state index contributed by atoms with van der Waals surface area (Å²) in [5.74, 6) is -1.73. The molecule has 0 fully saturated rings. The number of nitro groups is 1. The number of nitrogens with zero attached hydrogens (tertiary/aromatic N) is 1. The predicted octanol–water partition coefficient (Wildman–Crippen LogP) is 3.25. The van der Waals surface area contributed by atoms with E-state index in [-0.39, 0.29) is 22.6 Å². The van der Waals surface area contributed by atoms with Gasteiger partial charge in [-0.2, -0.15) is 0 Å². The lowest BCUT2D eigenvalue weighted by atomic mass is 10.1. The molecule has 2 rings (SSSR count). The summed E-state index contributed by atoms with van der Waals surface area (Å²) in [6.45, 7) is 2.81. The van der Waals surface area contributed by atoms with Gasteiger partial charge in [-0.3, -0.25) is 19.7 Å². The van der Waals surface area contributed by atoms with E-state index in [0.717, 1.165) is 6.07 Å². The fourth-order valence-corrected chi connectivity index (χ4v) is 2.04. The average molecular weight is 331 g/mol. The van der Waals surface area contributed by atoms with Gasteiger partial charge in [-0.25, -0.2) is 4.39 Å². The Morgan fingerprint density at radius 1 is 1.12 bits per heavy atom. The molecule has 7 nitrogen and oxygen atoms in total. The van der Waals surface area contributed by atoms with E-state index in [2.05, 4.69) is 10.6 Å². The normalized spacial score (nSPS) is 10.1. The number of benzene rings is 2. The van der Waals surface area contributed by atoms with Crippen LogP contribution in [0.5, 0.6) is 0 Å². The fraction of sp³-hybridized carbons (Fsp3) is 0.125. The molecule has 0 radical (unpaired) electrons. The Balaban J connectivity index is 2.25. The highest BCUT2D eigenvalue weighted by atomic mass is 19.1. The van der Waals surface area contributed by atoms with E-state index in [1.165, 1.54) is 37.3 Å². The van der Waals surface area contributed by atoms with E-state index in [1.807, 2.05) is 0 Å². The summed E-state index contributed by atoms with van der Waals surface area (Å²) in [4.78, 5) is 33.6. The highest BCUT2D eigenvalue weighted by molar-refractivity contribution is 6.05. The first-order valence-electron chi connectivity index (χ1n) is 6.91. The van der Waals surface area contributed by atoms with Gasteiger partial charge in [0, 0.05) is 29.8 Å². The Hall–Kier alpha value is -3.29. The molecule has 0 bridgehead atoms. The van der Waals surface area contributed by atoms with Gasteiger partial charge in [0.05, 0.1) is 10.6 Å². The number of rotatable bonds is 4. The molecule has 2 aromatic rings. The Labute approximate surface area is 136 Å². The molecular formula is C16H14FN3O4. The molecule has 0 heterocycles. The van der Waals surface area contributed by atoms with Crippen LogP contribution in [0.25, 0.3) is 0 Å². The number of anilines is 2. The van der Waals surface area contributed by atoms with Crippen molar-refractivity contribution in [3.05, 3.63) is 63.5 Å². The SMILES string of the molecule is CC(=O)Nc1cc(C(=O)Nc2ccc(C)c([N+](=O)[O-])c2)ccc1F. The summed E-state index contributed by atoms with van der Waals surface area (Å²) in [6, 6.07) is 7.77. The van der Waals surface area contributed by atoms with Gasteiger partial charge in [-0.15, -0.1) is 0 Å². The van der Waals surface area contributed by atoms with Crippen molar-refractivity contribution in [1.29, 1.82) is 0 Å². The van der Waals surface area contributed by atoms with Gasteiger partial charge in [-0.05, 0) is 31.2 Å². The van der Waals surface area contributed by atoms with Crippen LogP contribution in [0.4, 0.5) is 21.5 Å². The topological polar surface area (TPSA) is 101 Å². The third-order valence-corrected chi connectivity index (χ3v) is 3.20. The number of carbonyl (C=O) groups is 2. The lowest BCUT2D eigenvalue weighted by Gasteiger charge is -2.09. The molecule has 2 aromatic carbocycles. The quantitative estimate of drug-likeness (QED) is 0.663. The summed E-state index contributed by atoms with van der Waals surface area (Å²) >= 11 is 0. The molecule has 24 heavy (non-hydrogen) atoms. The molecule has 0 unspecified atom stereocenters. The van der Waals surface area contributed by atoms with E-state index in [0.29, 0.717) is 5.56 Å². The number of halogens is 1. The van der Waals surface area contributed by atoms with E-state index in [4.69, 9.17) is 0 Å². The minimum absolute atomic E-state index is 0.100. The molecule has 124 valence electrons. The molecule has 0 aliphatic rings. The van der Waals surface area contributed by atoms with Gasteiger partial charge in [0.2, 0.25) is 5.91 Å². The zero-order valence-electron chi connectivity index (χ0n) is 12.9. The van der Waals surface area contributed by atoms with Crippen LogP contribution in [-0.2, 0) is 4.79 Å². The van der Waals surface area contributed by atoms with Gasteiger partial charge in [0.1, 0.15) is 5.82 Å². The van der Waals surface area contributed by atoms with Crippen LogP contribution >= 0.6 is 0 Å². The molecule has 0 spiro atoms. The maximum Gasteiger partial charge on any atom is 0.274 e. The van der Waals surface area contributed by atoms with Crippen LogP contribution in [0.1, 0.15) is 22.8 Å². The Morgan fingerprint density at radius 3 is 2.46 bits per heavy atom. The van der Waals surface area contributed by atoms with Crippen molar-refractivity contribution >= 4 is 28.9 Å². The summed E-state index contributed by atoms with van der Waals surface area (Å²) in [5, 5.41) is 15.7. The summed E-state index contributed by atoms with van der Waals surface area (Å²) in [7, 11) is 0. The van der Waals surface area contributed by atoms with Crippen LogP contribution in [0.15, 0.2) is 36.4 Å². The first-order valence-corrected chi connectivity index (χ1v) is 6.91.